The largest absolute Gasteiger partial charge is 0.350 e. The molecule has 4 N–H and O–H groups in total. The fourth-order valence-corrected chi connectivity index (χ4v) is 4.25. The number of carbonyl (C=O) groups is 2. The first kappa shape index (κ1) is 17.2. The number of nitrogens with one attached hydrogen (secondary N) is 2. The molecule has 0 aliphatic heterocycles. The van der Waals surface area contributed by atoms with Gasteiger partial charge in [-0.05, 0) is 72.7 Å². The number of carbonyl (C=O) groups excluding carboxylic acids is 2. The molecular formula is C20H23N3O2S. The van der Waals surface area contributed by atoms with Crippen LogP contribution in [-0.4, -0.2) is 24.4 Å². The van der Waals surface area contributed by atoms with Crippen LogP contribution in [0.4, 0.5) is 5.00 Å². The Morgan fingerprint density at radius 2 is 1.96 bits per heavy atom. The highest BCUT2D eigenvalue weighted by atomic mass is 32.1. The van der Waals surface area contributed by atoms with Crippen LogP contribution in [0.25, 0.3) is 0 Å². The standard InChI is InChI=1S/C20H23N3O2S/c21-17(13-5-6-13)11-22-19(25)16-8-9-26-20(16)23-18(24)15-7-4-12-2-1-3-14(12)10-15/h4,7-10,13,17H,1-3,5-6,11,21H2,(H,22,25)(H,23,24). The summed E-state index contributed by atoms with van der Waals surface area (Å²) in [6.45, 7) is 0.470. The lowest BCUT2D eigenvalue weighted by atomic mass is 10.1. The summed E-state index contributed by atoms with van der Waals surface area (Å²) in [6.07, 6.45) is 5.58. The number of hydrogen-bond donors (Lipinski definition) is 3. The molecule has 1 unspecified atom stereocenters. The third-order valence-electron chi connectivity index (χ3n) is 5.22. The Balaban J connectivity index is 1.41. The molecule has 1 aromatic carbocycles. The van der Waals surface area contributed by atoms with E-state index in [2.05, 4.69) is 10.6 Å². The second-order valence-corrected chi connectivity index (χ2v) is 8.08. The maximum absolute atomic E-state index is 12.6. The Morgan fingerprint density at radius 3 is 2.77 bits per heavy atom. The van der Waals surface area contributed by atoms with Crippen molar-refractivity contribution in [3.05, 3.63) is 51.9 Å². The minimum Gasteiger partial charge on any atom is -0.350 e. The second-order valence-electron chi connectivity index (χ2n) is 7.17. The molecule has 6 heteroatoms. The van der Waals surface area contributed by atoms with Gasteiger partial charge in [0, 0.05) is 18.2 Å². The maximum Gasteiger partial charge on any atom is 0.256 e. The molecule has 2 amide bonds. The van der Waals surface area contributed by atoms with E-state index in [1.165, 1.54) is 22.5 Å². The van der Waals surface area contributed by atoms with Crippen LogP contribution in [0, 0.1) is 5.92 Å². The lowest BCUT2D eigenvalue weighted by molar-refractivity contribution is 0.0951. The summed E-state index contributed by atoms with van der Waals surface area (Å²) < 4.78 is 0. The van der Waals surface area contributed by atoms with Crippen molar-refractivity contribution in [1.29, 1.82) is 0 Å². The minimum absolute atomic E-state index is 0.0158. The van der Waals surface area contributed by atoms with Crippen molar-refractivity contribution in [2.24, 2.45) is 11.7 Å². The van der Waals surface area contributed by atoms with Crippen LogP contribution < -0.4 is 16.4 Å². The molecule has 1 fully saturated rings. The van der Waals surface area contributed by atoms with Crippen molar-refractivity contribution in [1.82, 2.24) is 5.32 Å². The zero-order valence-corrected chi connectivity index (χ0v) is 15.4. The Morgan fingerprint density at radius 1 is 1.15 bits per heavy atom. The van der Waals surface area contributed by atoms with Crippen LogP contribution in [0.15, 0.2) is 29.6 Å². The molecule has 1 saturated carbocycles. The van der Waals surface area contributed by atoms with Crippen LogP contribution in [0.2, 0.25) is 0 Å². The van der Waals surface area contributed by atoms with Crippen LogP contribution in [0.3, 0.4) is 0 Å². The average molecular weight is 369 g/mol. The van der Waals surface area contributed by atoms with Crippen molar-refractivity contribution in [2.45, 2.75) is 38.1 Å². The van der Waals surface area contributed by atoms with E-state index < -0.39 is 0 Å². The van der Waals surface area contributed by atoms with Crippen molar-refractivity contribution in [3.8, 4) is 0 Å². The summed E-state index contributed by atoms with van der Waals surface area (Å²) in [5.74, 6) is 0.175. The molecular weight excluding hydrogens is 346 g/mol. The van der Waals surface area contributed by atoms with Crippen molar-refractivity contribution < 1.29 is 9.59 Å². The van der Waals surface area contributed by atoms with E-state index in [9.17, 15) is 9.59 Å². The van der Waals surface area contributed by atoms with Gasteiger partial charge >= 0.3 is 0 Å². The third-order valence-corrected chi connectivity index (χ3v) is 6.05. The normalized spacial score (nSPS) is 16.8. The van der Waals surface area contributed by atoms with E-state index in [1.54, 1.807) is 6.07 Å². The summed E-state index contributed by atoms with van der Waals surface area (Å²) in [4.78, 5) is 25.0. The number of rotatable bonds is 6. The minimum atomic E-state index is -0.188. The fraction of sp³-hybridized carbons (Fsp3) is 0.400. The van der Waals surface area contributed by atoms with Crippen LogP contribution >= 0.6 is 11.3 Å². The molecule has 2 aromatic rings. The van der Waals surface area contributed by atoms with E-state index in [-0.39, 0.29) is 17.9 Å². The van der Waals surface area contributed by atoms with Gasteiger partial charge in [-0.25, -0.2) is 0 Å². The van der Waals surface area contributed by atoms with E-state index in [1.807, 2.05) is 23.6 Å². The van der Waals surface area contributed by atoms with Crippen LogP contribution in [0.5, 0.6) is 0 Å². The van der Waals surface area contributed by atoms with E-state index >= 15 is 0 Å². The number of anilines is 1. The van der Waals surface area contributed by atoms with E-state index in [0.29, 0.717) is 28.6 Å². The van der Waals surface area contributed by atoms with Crippen LogP contribution in [-0.2, 0) is 12.8 Å². The Labute approximate surface area is 157 Å². The van der Waals surface area contributed by atoms with E-state index in [4.69, 9.17) is 5.73 Å². The number of benzene rings is 1. The van der Waals surface area contributed by atoms with Gasteiger partial charge in [0.1, 0.15) is 5.00 Å². The summed E-state index contributed by atoms with van der Waals surface area (Å²) >= 11 is 1.36. The summed E-state index contributed by atoms with van der Waals surface area (Å²) in [5, 5.41) is 8.16. The monoisotopic (exact) mass is 369 g/mol. The number of amides is 2. The maximum atomic E-state index is 12.6. The molecule has 0 saturated heterocycles. The first-order chi connectivity index (χ1) is 12.6. The quantitative estimate of drug-likeness (QED) is 0.732. The zero-order valence-electron chi connectivity index (χ0n) is 14.6. The average Bonchev–Trinajstić information content (AvgIpc) is 3.21. The molecule has 0 bridgehead atoms. The topological polar surface area (TPSA) is 84.2 Å². The Bertz CT molecular complexity index is 841. The number of fused-ring (bicyclic) bond motifs is 1. The lowest BCUT2D eigenvalue weighted by Crippen LogP contribution is -2.38. The Hall–Kier alpha value is -2.18. The highest BCUT2D eigenvalue weighted by Gasteiger charge is 2.28. The van der Waals surface area contributed by atoms with Gasteiger partial charge in [-0.1, -0.05) is 6.07 Å². The van der Waals surface area contributed by atoms with Crippen molar-refractivity contribution >= 4 is 28.2 Å². The highest BCUT2D eigenvalue weighted by Crippen LogP contribution is 2.31. The van der Waals surface area contributed by atoms with Gasteiger partial charge < -0.3 is 16.4 Å². The van der Waals surface area contributed by atoms with Gasteiger partial charge in [0.15, 0.2) is 0 Å². The molecule has 2 aliphatic rings. The molecule has 0 spiro atoms. The summed E-state index contributed by atoms with van der Waals surface area (Å²) in [6, 6.07) is 7.63. The first-order valence-electron chi connectivity index (χ1n) is 9.16. The fourth-order valence-electron chi connectivity index (χ4n) is 3.47. The van der Waals surface area contributed by atoms with Gasteiger partial charge in [-0.15, -0.1) is 11.3 Å². The number of aryl methyl sites for hydroxylation is 2. The molecule has 1 heterocycles. The first-order valence-corrected chi connectivity index (χ1v) is 10.0. The Kier molecular flexibility index (Phi) is 4.78. The van der Waals surface area contributed by atoms with Crippen LogP contribution in [0.1, 0.15) is 51.1 Å². The molecule has 0 radical (unpaired) electrons. The molecule has 1 atom stereocenters. The summed E-state index contributed by atoms with van der Waals surface area (Å²) in [5.41, 5.74) is 9.77. The van der Waals surface area contributed by atoms with Gasteiger partial charge in [0.25, 0.3) is 11.8 Å². The van der Waals surface area contributed by atoms with Crippen molar-refractivity contribution in [2.75, 3.05) is 11.9 Å². The molecule has 136 valence electrons. The number of hydrogen-bond acceptors (Lipinski definition) is 4. The lowest BCUT2D eigenvalue weighted by Gasteiger charge is -2.12. The second kappa shape index (κ2) is 7.21. The van der Waals surface area contributed by atoms with E-state index in [0.717, 1.165) is 32.1 Å². The molecule has 4 rings (SSSR count). The SMILES string of the molecule is NC(CNC(=O)c1ccsc1NC(=O)c1ccc2c(c1)CCC2)C1CC1. The smallest absolute Gasteiger partial charge is 0.256 e. The highest BCUT2D eigenvalue weighted by molar-refractivity contribution is 7.14. The zero-order chi connectivity index (χ0) is 18.1. The van der Waals surface area contributed by atoms with Gasteiger partial charge in [-0.3, -0.25) is 9.59 Å². The van der Waals surface area contributed by atoms with Gasteiger partial charge in [-0.2, -0.15) is 0 Å². The van der Waals surface area contributed by atoms with Gasteiger partial charge in [0.2, 0.25) is 0 Å². The van der Waals surface area contributed by atoms with Crippen molar-refractivity contribution in [3.63, 3.8) is 0 Å². The van der Waals surface area contributed by atoms with Gasteiger partial charge in [0.05, 0.1) is 5.56 Å². The summed E-state index contributed by atoms with van der Waals surface area (Å²) in [7, 11) is 0. The number of thiophene rings is 1. The predicted octanol–water partition coefficient (Wildman–Crippen LogP) is 2.96. The third kappa shape index (κ3) is 3.66. The molecule has 1 aromatic heterocycles. The molecule has 26 heavy (non-hydrogen) atoms. The predicted molar refractivity (Wildman–Crippen MR) is 104 cm³/mol. The molecule has 5 nitrogen and oxygen atoms in total. The molecule has 2 aliphatic carbocycles. The number of nitrogens with two attached hydrogens (primary N) is 1.